The first-order valence-electron chi connectivity index (χ1n) is 7.01. The molecule has 1 aliphatic rings. The highest BCUT2D eigenvalue weighted by Crippen LogP contribution is 2.47. The average molecular weight is 235 g/mol. The first kappa shape index (κ1) is 14.5. The van der Waals surface area contributed by atoms with Gasteiger partial charge in [-0.05, 0) is 39.7 Å². The van der Waals surface area contributed by atoms with Crippen molar-refractivity contribution >= 4 is 5.71 Å². The Labute approximate surface area is 107 Å². The fourth-order valence-corrected chi connectivity index (χ4v) is 2.83. The van der Waals surface area contributed by atoms with Gasteiger partial charge < -0.3 is 0 Å². The zero-order valence-electron chi connectivity index (χ0n) is 12.8. The van der Waals surface area contributed by atoms with Crippen LogP contribution in [0.5, 0.6) is 0 Å². The van der Waals surface area contributed by atoms with Crippen LogP contribution in [-0.2, 0) is 0 Å². The topological polar surface area (TPSA) is 12.4 Å². The summed E-state index contributed by atoms with van der Waals surface area (Å²) in [5, 5.41) is 0. The second-order valence-electron chi connectivity index (χ2n) is 6.30. The van der Waals surface area contributed by atoms with Crippen molar-refractivity contribution in [2.24, 2.45) is 10.4 Å². The molecule has 1 rings (SSSR count). The zero-order chi connectivity index (χ0) is 13.3. The molecular weight excluding hydrogens is 206 g/mol. The number of dihydropyridines is 1. The van der Waals surface area contributed by atoms with E-state index in [2.05, 4.69) is 48.5 Å². The third-order valence-electron chi connectivity index (χ3n) is 5.07. The first-order chi connectivity index (χ1) is 7.76. The van der Waals surface area contributed by atoms with Gasteiger partial charge in [0.1, 0.15) is 0 Å². The maximum atomic E-state index is 5.03. The van der Waals surface area contributed by atoms with Crippen molar-refractivity contribution in [1.29, 1.82) is 0 Å². The van der Waals surface area contributed by atoms with E-state index in [1.807, 2.05) is 0 Å². The second kappa shape index (κ2) is 4.96. The molecule has 0 aromatic rings. The Hall–Kier alpha value is -0.590. The largest absolute Gasteiger partial charge is 0.283 e. The van der Waals surface area contributed by atoms with Crippen molar-refractivity contribution in [1.82, 2.24) is 0 Å². The van der Waals surface area contributed by atoms with Crippen molar-refractivity contribution in [2.75, 3.05) is 0 Å². The monoisotopic (exact) mass is 235 g/mol. The molecule has 0 aliphatic carbocycles. The highest BCUT2D eigenvalue weighted by Gasteiger charge is 2.44. The molecule has 98 valence electrons. The van der Waals surface area contributed by atoms with Crippen molar-refractivity contribution < 1.29 is 0 Å². The van der Waals surface area contributed by atoms with Gasteiger partial charge in [0.2, 0.25) is 0 Å². The summed E-state index contributed by atoms with van der Waals surface area (Å²) >= 11 is 0. The molecule has 0 amide bonds. The van der Waals surface area contributed by atoms with Gasteiger partial charge in [0, 0.05) is 11.1 Å². The van der Waals surface area contributed by atoms with E-state index in [1.54, 1.807) is 0 Å². The van der Waals surface area contributed by atoms with Gasteiger partial charge >= 0.3 is 0 Å². The summed E-state index contributed by atoms with van der Waals surface area (Å²) in [6.07, 6.45) is 5.10. The average Bonchev–Trinajstić information content (AvgIpc) is 2.25. The smallest absolute Gasteiger partial charge is 0.0671 e. The van der Waals surface area contributed by atoms with E-state index < -0.39 is 0 Å². The summed E-state index contributed by atoms with van der Waals surface area (Å²) < 4.78 is 0. The SMILES string of the molecule is CCCCCC1(C)N=C(C)C(C)=C(C)C1(C)C. The standard InChI is InChI=1S/C16H29N/c1-8-9-10-11-16(7)15(5,6)13(3)12(2)14(4)17-16/h8-11H2,1-7H3. The Morgan fingerprint density at radius 1 is 1.00 bits per heavy atom. The lowest BCUT2D eigenvalue weighted by molar-refractivity contribution is 0.207. The molecule has 1 heterocycles. The maximum absolute atomic E-state index is 5.03. The molecule has 0 aromatic heterocycles. The minimum Gasteiger partial charge on any atom is -0.283 e. The molecule has 0 saturated carbocycles. The minimum atomic E-state index is 0.0792. The van der Waals surface area contributed by atoms with Crippen LogP contribution in [0, 0.1) is 5.41 Å². The van der Waals surface area contributed by atoms with E-state index in [9.17, 15) is 0 Å². The molecule has 1 nitrogen and oxygen atoms in total. The second-order valence-corrected chi connectivity index (χ2v) is 6.30. The predicted octanol–water partition coefficient (Wildman–Crippen LogP) is 5.16. The molecular formula is C16H29N. The quantitative estimate of drug-likeness (QED) is 0.597. The van der Waals surface area contributed by atoms with Gasteiger partial charge in [-0.2, -0.15) is 0 Å². The Morgan fingerprint density at radius 2 is 1.59 bits per heavy atom. The predicted molar refractivity (Wildman–Crippen MR) is 77.8 cm³/mol. The van der Waals surface area contributed by atoms with Crippen molar-refractivity contribution in [3.8, 4) is 0 Å². The molecule has 0 fully saturated rings. The van der Waals surface area contributed by atoms with Gasteiger partial charge in [0.15, 0.2) is 0 Å². The van der Waals surface area contributed by atoms with Crippen LogP contribution in [0.1, 0.15) is 74.1 Å². The third-order valence-corrected chi connectivity index (χ3v) is 5.07. The molecule has 0 saturated heterocycles. The number of rotatable bonds is 4. The van der Waals surface area contributed by atoms with Gasteiger partial charge in [-0.25, -0.2) is 0 Å². The molecule has 1 unspecified atom stereocenters. The summed E-state index contributed by atoms with van der Waals surface area (Å²) in [5.74, 6) is 0. The third kappa shape index (κ3) is 2.48. The number of nitrogens with zero attached hydrogens (tertiary/aromatic N) is 1. The van der Waals surface area contributed by atoms with E-state index in [0.29, 0.717) is 0 Å². The first-order valence-corrected chi connectivity index (χ1v) is 7.01. The van der Waals surface area contributed by atoms with Gasteiger partial charge in [-0.3, -0.25) is 4.99 Å². The Kier molecular flexibility index (Phi) is 4.22. The molecule has 1 heteroatoms. The summed E-state index contributed by atoms with van der Waals surface area (Å²) in [6, 6.07) is 0. The van der Waals surface area contributed by atoms with Crippen LogP contribution >= 0.6 is 0 Å². The molecule has 0 N–H and O–H groups in total. The number of unbranched alkanes of at least 4 members (excludes halogenated alkanes) is 2. The normalized spacial score (nSPS) is 28.3. The van der Waals surface area contributed by atoms with Crippen molar-refractivity contribution in [3.63, 3.8) is 0 Å². The summed E-state index contributed by atoms with van der Waals surface area (Å²) in [4.78, 5) is 5.03. The van der Waals surface area contributed by atoms with Crippen LogP contribution in [0.2, 0.25) is 0 Å². The van der Waals surface area contributed by atoms with Gasteiger partial charge in [0.25, 0.3) is 0 Å². The Morgan fingerprint density at radius 3 is 2.12 bits per heavy atom. The molecule has 1 atom stereocenters. The van der Waals surface area contributed by atoms with Crippen LogP contribution in [-0.4, -0.2) is 11.3 Å². The molecule has 0 radical (unpaired) electrons. The molecule has 17 heavy (non-hydrogen) atoms. The van der Waals surface area contributed by atoms with Gasteiger partial charge in [-0.15, -0.1) is 0 Å². The van der Waals surface area contributed by atoms with E-state index in [1.165, 1.54) is 42.5 Å². The van der Waals surface area contributed by atoms with Gasteiger partial charge in [-0.1, -0.05) is 45.6 Å². The number of allylic oxidation sites excluding steroid dienone is 1. The van der Waals surface area contributed by atoms with E-state index in [0.717, 1.165) is 0 Å². The highest BCUT2D eigenvalue weighted by molar-refractivity contribution is 5.99. The van der Waals surface area contributed by atoms with Crippen LogP contribution in [0.25, 0.3) is 0 Å². The number of hydrogen-bond donors (Lipinski definition) is 0. The molecule has 0 bridgehead atoms. The molecule has 0 spiro atoms. The lowest BCUT2D eigenvalue weighted by atomic mass is 9.64. The number of aliphatic imine (C=N–C) groups is 1. The number of hydrogen-bond acceptors (Lipinski definition) is 1. The zero-order valence-corrected chi connectivity index (χ0v) is 12.8. The maximum Gasteiger partial charge on any atom is 0.0671 e. The molecule has 1 aliphatic heterocycles. The van der Waals surface area contributed by atoms with Crippen molar-refractivity contribution in [3.05, 3.63) is 11.1 Å². The Balaban J connectivity index is 3.01. The summed E-state index contributed by atoms with van der Waals surface area (Å²) in [5.41, 5.74) is 4.41. The lowest BCUT2D eigenvalue weighted by Gasteiger charge is -2.46. The fourth-order valence-electron chi connectivity index (χ4n) is 2.83. The lowest BCUT2D eigenvalue weighted by Crippen LogP contribution is -2.45. The fraction of sp³-hybridized carbons (Fsp3) is 0.812. The van der Waals surface area contributed by atoms with E-state index in [4.69, 9.17) is 4.99 Å². The summed E-state index contributed by atoms with van der Waals surface area (Å²) in [6.45, 7) is 16.0. The van der Waals surface area contributed by atoms with Crippen LogP contribution in [0.4, 0.5) is 0 Å². The van der Waals surface area contributed by atoms with E-state index in [-0.39, 0.29) is 11.0 Å². The van der Waals surface area contributed by atoms with Crippen LogP contribution in [0.15, 0.2) is 16.1 Å². The van der Waals surface area contributed by atoms with Crippen LogP contribution < -0.4 is 0 Å². The highest BCUT2D eigenvalue weighted by atomic mass is 14.9. The van der Waals surface area contributed by atoms with Gasteiger partial charge in [0.05, 0.1) is 5.54 Å². The van der Waals surface area contributed by atoms with Crippen LogP contribution in [0.3, 0.4) is 0 Å². The summed E-state index contributed by atoms with van der Waals surface area (Å²) in [7, 11) is 0. The van der Waals surface area contributed by atoms with Crippen molar-refractivity contribution in [2.45, 2.75) is 79.7 Å². The Bertz CT molecular complexity index is 347. The molecule has 0 aromatic carbocycles. The van der Waals surface area contributed by atoms with E-state index >= 15 is 0 Å². The minimum absolute atomic E-state index is 0.0792.